The van der Waals surface area contributed by atoms with Gasteiger partial charge >= 0.3 is 11.9 Å². The van der Waals surface area contributed by atoms with Crippen LogP contribution in [0.4, 0.5) is 25.1 Å². The molecule has 0 radical (unpaired) electrons. The van der Waals surface area contributed by atoms with E-state index in [4.69, 9.17) is 4.74 Å². The Balaban J connectivity index is 1.19. The predicted octanol–water partition coefficient (Wildman–Crippen LogP) is 4.19. The second kappa shape index (κ2) is 12.6. The van der Waals surface area contributed by atoms with Crippen molar-refractivity contribution < 1.29 is 31.5 Å². The van der Waals surface area contributed by atoms with Crippen LogP contribution in [0.5, 0.6) is 0 Å². The topological polar surface area (TPSA) is 156 Å². The number of halogens is 2. The minimum absolute atomic E-state index is 0.0902. The molecule has 1 saturated carbocycles. The van der Waals surface area contributed by atoms with Gasteiger partial charge in [0, 0.05) is 55.7 Å². The maximum absolute atomic E-state index is 13.6. The standard InChI is InChI=1S/C31H39F2N9O5S/c1-18-15-41-17-25(36-27(41)23(35-18)14-34-48(45,46)29(32)33)37-28(43)21-8-9-24(22-16-39(5)38-26(21)22)40-12-10-20(11-13-40)42(19-6-7-19)30(44)47-31(2,3)4/h8-9,15-17,19-20,29,34H,6-7,10-14H2,1-5H3,(H,37,43). The van der Waals surface area contributed by atoms with Gasteiger partial charge in [-0.3, -0.25) is 14.5 Å². The van der Waals surface area contributed by atoms with Crippen LogP contribution in [0.2, 0.25) is 0 Å². The number of benzene rings is 1. The molecule has 0 unspecified atom stereocenters. The molecule has 4 heterocycles. The number of nitrogens with one attached hydrogen (secondary N) is 2. The van der Waals surface area contributed by atoms with Gasteiger partial charge in [0.2, 0.25) is 0 Å². The molecule has 14 nitrogen and oxygen atoms in total. The molecule has 0 atom stereocenters. The molecule has 4 aromatic rings. The molecule has 2 N–H and O–H groups in total. The minimum Gasteiger partial charge on any atom is -0.444 e. The quantitative estimate of drug-likeness (QED) is 0.264. The highest BCUT2D eigenvalue weighted by molar-refractivity contribution is 7.89. The van der Waals surface area contributed by atoms with E-state index in [9.17, 15) is 26.8 Å². The number of fused-ring (bicyclic) bond motifs is 2. The number of carbonyl (C=O) groups excluding carboxylic acids is 2. The first-order valence-electron chi connectivity index (χ1n) is 15.8. The van der Waals surface area contributed by atoms with Gasteiger partial charge in [-0.15, -0.1) is 0 Å². The number of aryl methyl sites for hydroxylation is 2. The predicted molar refractivity (Wildman–Crippen MR) is 174 cm³/mol. The summed E-state index contributed by atoms with van der Waals surface area (Å²) in [6.45, 7) is 8.23. The molecule has 6 rings (SSSR count). The van der Waals surface area contributed by atoms with Crippen molar-refractivity contribution >= 4 is 50.1 Å². The first-order valence-corrected chi connectivity index (χ1v) is 17.3. The number of anilines is 2. The molecule has 2 amide bonds. The van der Waals surface area contributed by atoms with E-state index in [1.54, 1.807) is 35.3 Å². The van der Waals surface area contributed by atoms with E-state index in [2.05, 4.69) is 25.3 Å². The number of amides is 2. The summed E-state index contributed by atoms with van der Waals surface area (Å²) in [6, 6.07) is 3.94. The van der Waals surface area contributed by atoms with E-state index in [0.29, 0.717) is 16.8 Å². The lowest BCUT2D eigenvalue weighted by atomic mass is 10.0. The number of nitrogens with zero attached hydrogens (tertiary/aromatic N) is 7. The second-order valence-corrected chi connectivity index (χ2v) is 15.0. The van der Waals surface area contributed by atoms with Crippen molar-refractivity contribution in [2.45, 2.75) is 83.4 Å². The Morgan fingerprint density at radius 3 is 2.40 bits per heavy atom. The highest BCUT2D eigenvalue weighted by Crippen LogP contribution is 2.36. The summed E-state index contributed by atoms with van der Waals surface area (Å²) in [5, 5.41) is 8.17. The first kappa shape index (κ1) is 33.5. The Morgan fingerprint density at radius 1 is 1.06 bits per heavy atom. The van der Waals surface area contributed by atoms with Crippen molar-refractivity contribution in [2.24, 2.45) is 7.05 Å². The molecular weight excluding hydrogens is 648 g/mol. The number of sulfonamides is 1. The van der Waals surface area contributed by atoms with Gasteiger partial charge in [0.1, 0.15) is 11.1 Å². The third-order valence-corrected chi connectivity index (χ3v) is 9.32. The summed E-state index contributed by atoms with van der Waals surface area (Å²) in [7, 11) is -3.05. The van der Waals surface area contributed by atoms with Gasteiger partial charge in [0.15, 0.2) is 11.5 Å². The van der Waals surface area contributed by atoms with Crippen LogP contribution < -0.4 is 14.9 Å². The Labute approximate surface area is 276 Å². The van der Waals surface area contributed by atoms with Gasteiger partial charge in [-0.25, -0.2) is 22.9 Å². The van der Waals surface area contributed by atoms with E-state index in [1.807, 2.05) is 42.7 Å². The number of hydrogen-bond acceptors (Lipinski definition) is 9. The molecule has 17 heteroatoms. The van der Waals surface area contributed by atoms with E-state index < -0.39 is 33.8 Å². The van der Waals surface area contributed by atoms with Crippen molar-refractivity contribution in [2.75, 3.05) is 23.3 Å². The number of ether oxygens (including phenoxy) is 1. The lowest BCUT2D eigenvalue weighted by molar-refractivity contribution is 0.0113. The van der Waals surface area contributed by atoms with Gasteiger partial charge in [-0.05, 0) is 65.5 Å². The summed E-state index contributed by atoms with van der Waals surface area (Å²) in [5.41, 5.74) is 2.01. The van der Waals surface area contributed by atoms with Crippen molar-refractivity contribution in [1.82, 2.24) is 33.8 Å². The number of piperidine rings is 1. The fourth-order valence-corrected chi connectivity index (χ4v) is 6.57. The van der Waals surface area contributed by atoms with E-state index >= 15 is 0 Å². The number of alkyl halides is 2. The monoisotopic (exact) mass is 687 g/mol. The normalized spacial score (nSPS) is 16.2. The largest absolute Gasteiger partial charge is 0.444 e. The highest BCUT2D eigenvalue weighted by Gasteiger charge is 2.41. The molecule has 258 valence electrons. The molecule has 1 aliphatic heterocycles. The van der Waals surface area contributed by atoms with Crippen molar-refractivity contribution in [3.8, 4) is 0 Å². The Kier molecular flexibility index (Phi) is 8.78. The summed E-state index contributed by atoms with van der Waals surface area (Å²) in [5.74, 6) is -3.89. The summed E-state index contributed by atoms with van der Waals surface area (Å²) in [4.78, 5) is 39.5. The second-order valence-electron chi connectivity index (χ2n) is 13.3. The molecule has 2 aliphatic rings. The average molecular weight is 688 g/mol. The number of carbonyl (C=O) groups is 2. The Morgan fingerprint density at radius 2 is 1.75 bits per heavy atom. The molecule has 1 aliphatic carbocycles. The van der Waals surface area contributed by atoms with E-state index in [1.165, 1.54) is 6.20 Å². The summed E-state index contributed by atoms with van der Waals surface area (Å²) >= 11 is 0. The van der Waals surface area contributed by atoms with Crippen LogP contribution in [0.25, 0.3) is 16.6 Å². The van der Waals surface area contributed by atoms with Crippen molar-refractivity contribution in [3.63, 3.8) is 0 Å². The molecule has 1 saturated heterocycles. The van der Waals surface area contributed by atoms with Crippen LogP contribution in [-0.2, 0) is 28.4 Å². The van der Waals surface area contributed by atoms with Crippen LogP contribution in [0.3, 0.4) is 0 Å². The van der Waals surface area contributed by atoms with Crippen LogP contribution in [0.15, 0.2) is 30.7 Å². The Hall–Kier alpha value is -4.38. The zero-order chi connectivity index (χ0) is 34.5. The molecule has 0 spiro atoms. The third-order valence-electron chi connectivity index (χ3n) is 8.30. The maximum Gasteiger partial charge on any atom is 0.410 e. The SMILES string of the molecule is Cc1cn2cc(NC(=O)c3ccc(N4CCC(N(C(=O)OC(C)(C)C)C5CC5)CC4)c4cn(C)nc34)nc2c(CNS(=O)(=O)C(F)F)n1. The summed E-state index contributed by atoms with van der Waals surface area (Å²) < 4.78 is 59.6. The van der Waals surface area contributed by atoms with Gasteiger partial charge in [-0.2, -0.15) is 13.9 Å². The lowest BCUT2D eigenvalue weighted by Crippen LogP contribution is -2.50. The van der Waals surface area contributed by atoms with Crippen molar-refractivity contribution in [1.29, 1.82) is 0 Å². The van der Waals surface area contributed by atoms with Gasteiger partial charge < -0.3 is 24.3 Å². The van der Waals surface area contributed by atoms with Crippen molar-refractivity contribution in [3.05, 3.63) is 47.7 Å². The number of rotatable bonds is 9. The smallest absolute Gasteiger partial charge is 0.410 e. The van der Waals surface area contributed by atoms with Crippen LogP contribution in [-0.4, -0.2) is 86.0 Å². The van der Waals surface area contributed by atoms with E-state index in [-0.39, 0.29) is 35.3 Å². The third kappa shape index (κ3) is 7.06. The lowest BCUT2D eigenvalue weighted by Gasteiger charge is -2.40. The molecular formula is C31H39F2N9O5S. The average Bonchev–Trinajstić information content (AvgIpc) is 3.61. The molecule has 3 aromatic heterocycles. The zero-order valence-electron chi connectivity index (χ0n) is 27.4. The molecule has 0 bridgehead atoms. The highest BCUT2D eigenvalue weighted by atomic mass is 32.2. The first-order chi connectivity index (χ1) is 22.6. The zero-order valence-corrected chi connectivity index (χ0v) is 28.2. The summed E-state index contributed by atoms with van der Waals surface area (Å²) in [6.07, 6.45) is 8.33. The van der Waals surface area contributed by atoms with Crippen LogP contribution in [0, 0.1) is 6.92 Å². The van der Waals surface area contributed by atoms with Crippen LogP contribution >= 0.6 is 0 Å². The van der Waals surface area contributed by atoms with Gasteiger partial charge in [0.05, 0.1) is 29.7 Å². The fourth-order valence-electron chi connectivity index (χ4n) is 6.11. The van der Waals surface area contributed by atoms with Gasteiger partial charge in [-0.1, -0.05) is 0 Å². The Bertz CT molecular complexity index is 1980. The number of imidazole rings is 1. The van der Waals surface area contributed by atoms with E-state index in [0.717, 1.165) is 49.8 Å². The van der Waals surface area contributed by atoms with Crippen LogP contribution in [0.1, 0.15) is 68.2 Å². The fraction of sp³-hybridized carbons (Fsp3) is 0.516. The van der Waals surface area contributed by atoms with Gasteiger partial charge in [0.25, 0.3) is 15.9 Å². The minimum atomic E-state index is -4.84. The maximum atomic E-state index is 13.6. The molecule has 2 fully saturated rings. The number of hydrogen-bond donors (Lipinski definition) is 2. The molecule has 48 heavy (non-hydrogen) atoms. The number of aromatic nitrogens is 5. The molecule has 1 aromatic carbocycles.